The Labute approximate surface area is 79.3 Å². The molecular weight excluding hydrogens is 166 g/mol. The zero-order chi connectivity index (χ0) is 9.84. The summed E-state index contributed by atoms with van der Waals surface area (Å²) < 4.78 is 0. The highest BCUT2D eigenvalue weighted by Crippen LogP contribution is 2.32. The summed E-state index contributed by atoms with van der Waals surface area (Å²) in [5.41, 5.74) is 5.76. The minimum absolute atomic E-state index is 0.106. The average Bonchev–Trinajstić information content (AvgIpc) is 2.08. The molecule has 0 heterocycles. The second-order valence-electron chi connectivity index (χ2n) is 4.07. The molecule has 0 amide bonds. The monoisotopic (exact) mass is 185 g/mol. The molecule has 3 atom stereocenters. The Balaban J connectivity index is 2.55. The van der Waals surface area contributed by atoms with E-state index in [4.69, 9.17) is 10.8 Å². The Bertz CT molecular complexity index is 182. The maximum Gasteiger partial charge on any atom is 0.306 e. The summed E-state index contributed by atoms with van der Waals surface area (Å²) in [5.74, 6) is -0.486. The Morgan fingerprint density at radius 3 is 2.77 bits per heavy atom. The number of nitrogens with two attached hydrogens (primary N) is 1. The van der Waals surface area contributed by atoms with Crippen LogP contribution in [0.3, 0.4) is 0 Å². The quantitative estimate of drug-likeness (QED) is 0.702. The first kappa shape index (κ1) is 10.5. The van der Waals surface area contributed by atoms with Gasteiger partial charge in [-0.25, -0.2) is 0 Å². The van der Waals surface area contributed by atoms with E-state index in [9.17, 15) is 4.79 Å². The fourth-order valence-corrected chi connectivity index (χ4v) is 2.28. The van der Waals surface area contributed by atoms with Gasteiger partial charge in [-0.15, -0.1) is 0 Å². The number of carboxylic acids is 1. The zero-order valence-corrected chi connectivity index (χ0v) is 8.20. The minimum Gasteiger partial charge on any atom is -0.481 e. The molecule has 3 heteroatoms. The van der Waals surface area contributed by atoms with E-state index in [2.05, 4.69) is 6.92 Å². The fraction of sp³-hybridized carbons (Fsp3) is 0.900. The third-order valence-electron chi connectivity index (χ3n) is 3.01. The SMILES string of the molecule is CCCC1CCC(N)CC1C(=O)O. The molecule has 0 spiro atoms. The summed E-state index contributed by atoms with van der Waals surface area (Å²) in [7, 11) is 0. The van der Waals surface area contributed by atoms with E-state index in [-0.39, 0.29) is 12.0 Å². The fourth-order valence-electron chi connectivity index (χ4n) is 2.28. The van der Waals surface area contributed by atoms with Crippen LogP contribution in [0.25, 0.3) is 0 Å². The highest BCUT2D eigenvalue weighted by molar-refractivity contribution is 5.70. The van der Waals surface area contributed by atoms with Gasteiger partial charge < -0.3 is 10.8 Å². The Morgan fingerprint density at radius 1 is 1.54 bits per heavy atom. The third-order valence-corrected chi connectivity index (χ3v) is 3.01. The number of hydrogen-bond donors (Lipinski definition) is 2. The molecule has 13 heavy (non-hydrogen) atoms. The van der Waals surface area contributed by atoms with Gasteiger partial charge in [-0.3, -0.25) is 4.79 Å². The first-order chi connectivity index (χ1) is 6.15. The van der Waals surface area contributed by atoms with Crippen molar-refractivity contribution in [2.45, 2.75) is 45.1 Å². The first-order valence-electron chi connectivity index (χ1n) is 5.13. The van der Waals surface area contributed by atoms with Crippen molar-refractivity contribution in [2.24, 2.45) is 17.6 Å². The number of carbonyl (C=O) groups is 1. The van der Waals surface area contributed by atoms with Crippen molar-refractivity contribution in [3.05, 3.63) is 0 Å². The Kier molecular flexibility index (Phi) is 3.72. The van der Waals surface area contributed by atoms with Crippen LogP contribution in [0.4, 0.5) is 0 Å². The molecule has 1 saturated carbocycles. The van der Waals surface area contributed by atoms with Gasteiger partial charge in [-0.2, -0.15) is 0 Å². The maximum absolute atomic E-state index is 10.9. The van der Waals surface area contributed by atoms with Crippen LogP contribution in [0.1, 0.15) is 39.0 Å². The summed E-state index contributed by atoms with van der Waals surface area (Å²) in [4.78, 5) is 10.9. The van der Waals surface area contributed by atoms with E-state index >= 15 is 0 Å². The normalized spacial score (nSPS) is 34.5. The van der Waals surface area contributed by atoms with E-state index in [0.29, 0.717) is 12.3 Å². The molecule has 1 rings (SSSR count). The summed E-state index contributed by atoms with van der Waals surface area (Å²) in [6.07, 6.45) is 4.76. The van der Waals surface area contributed by atoms with Crippen LogP contribution in [-0.2, 0) is 4.79 Å². The van der Waals surface area contributed by atoms with Crippen molar-refractivity contribution < 1.29 is 9.90 Å². The van der Waals surface area contributed by atoms with Crippen molar-refractivity contribution in [1.29, 1.82) is 0 Å². The topological polar surface area (TPSA) is 63.3 Å². The van der Waals surface area contributed by atoms with Crippen molar-refractivity contribution in [3.8, 4) is 0 Å². The van der Waals surface area contributed by atoms with Crippen molar-refractivity contribution in [3.63, 3.8) is 0 Å². The molecule has 1 aliphatic carbocycles. The van der Waals surface area contributed by atoms with E-state index in [1.807, 2.05) is 0 Å². The molecule has 0 aliphatic heterocycles. The van der Waals surface area contributed by atoms with Gasteiger partial charge in [0.25, 0.3) is 0 Å². The third kappa shape index (κ3) is 2.69. The highest BCUT2D eigenvalue weighted by atomic mass is 16.4. The summed E-state index contributed by atoms with van der Waals surface area (Å²) in [5, 5.41) is 9.00. The van der Waals surface area contributed by atoms with E-state index < -0.39 is 5.97 Å². The lowest BCUT2D eigenvalue weighted by molar-refractivity contribution is -0.145. The van der Waals surface area contributed by atoms with Crippen LogP contribution in [0.2, 0.25) is 0 Å². The predicted molar refractivity (Wildman–Crippen MR) is 51.4 cm³/mol. The summed E-state index contributed by atoms with van der Waals surface area (Å²) in [6.45, 7) is 2.10. The predicted octanol–water partition coefficient (Wildman–Crippen LogP) is 1.61. The second kappa shape index (κ2) is 4.61. The van der Waals surface area contributed by atoms with Gasteiger partial charge in [0.15, 0.2) is 0 Å². The van der Waals surface area contributed by atoms with Crippen LogP contribution in [-0.4, -0.2) is 17.1 Å². The zero-order valence-electron chi connectivity index (χ0n) is 8.20. The van der Waals surface area contributed by atoms with E-state index in [0.717, 1.165) is 25.7 Å². The molecule has 3 unspecified atom stereocenters. The van der Waals surface area contributed by atoms with Gasteiger partial charge in [0, 0.05) is 6.04 Å². The molecule has 0 saturated heterocycles. The molecule has 1 fully saturated rings. The van der Waals surface area contributed by atoms with Gasteiger partial charge >= 0.3 is 5.97 Å². The van der Waals surface area contributed by atoms with Crippen LogP contribution in [0, 0.1) is 11.8 Å². The molecule has 0 aromatic rings. The number of carboxylic acid groups (broad SMARTS) is 1. The Hall–Kier alpha value is -0.570. The second-order valence-corrected chi connectivity index (χ2v) is 4.07. The van der Waals surface area contributed by atoms with Crippen LogP contribution >= 0.6 is 0 Å². The summed E-state index contributed by atoms with van der Waals surface area (Å²) in [6, 6.07) is 0.106. The Morgan fingerprint density at radius 2 is 2.23 bits per heavy atom. The van der Waals surface area contributed by atoms with Gasteiger partial charge in [0.1, 0.15) is 0 Å². The number of aliphatic carboxylic acids is 1. The number of rotatable bonds is 3. The lowest BCUT2D eigenvalue weighted by Gasteiger charge is -2.31. The lowest BCUT2D eigenvalue weighted by atomic mass is 9.75. The standard InChI is InChI=1S/C10H19NO2/c1-2-3-7-4-5-8(11)6-9(7)10(12)13/h7-9H,2-6,11H2,1H3,(H,12,13). The van der Waals surface area contributed by atoms with Gasteiger partial charge in [0.05, 0.1) is 5.92 Å². The molecule has 0 radical (unpaired) electrons. The molecule has 3 N–H and O–H groups in total. The van der Waals surface area contributed by atoms with Crippen LogP contribution in [0.5, 0.6) is 0 Å². The summed E-state index contributed by atoms with van der Waals surface area (Å²) >= 11 is 0. The molecule has 0 aromatic carbocycles. The van der Waals surface area contributed by atoms with Gasteiger partial charge in [-0.1, -0.05) is 13.3 Å². The lowest BCUT2D eigenvalue weighted by Crippen LogP contribution is -2.37. The minimum atomic E-state index is -0.659. The largest absolute Gasteiger partial charge is 0.481 e. The van der Waals surface area contributed by atoms with Crippen molar-refractivity contribution >= 4 is 5.97 Å². The van der Waals surface area contributed by atoms with Gasteiger partial charge in [0.2, 0.25) is 0 Å². The molecule has 0 bridgehead atoms. The molecule has 0 aromatic heterocycles. The molecule has 76 valence electrons. The maximum atomic E-state index is 10.9. The van der Waals surface area contributed by atoms with E-state index in [1.54, 1.807) is 0 Å². The van der Waals surface area contributed by atoms with Crippen molar-refractivity contribution in [1.82, 2.24) is 0 Å². The van der Waals surface area contributed by atoms with Crippen LogP contribution < -0.4 is 5.73 Å². The highest BCUT2D eigenvalue weighted by Gasteiger charge is 2.33. The first-order valence-corrected chi connectivity index (χ1v) is 5.13. The molecule has 3 nitrogen and oxygen atoms in total. The van der Waals surface area contributed by atoms with Crippen molar-refractivity contribution in [2.75, 3.05) is 0 Å². The average molecular weight is 185 g/mol. The molecule has 1 aliphatic rings. The smallest absolute Gasteiger partial charge is 0.306 e. The van der Waals surface area contributed by atoms with Crippen LogP contribution in [0.15, 0.2) is 0 Å². The number of hydrogen-bond acceptors (Lipinski definition) is 2. The molecular formula is C10H19NO2. The van der Waals surface area contributed by atoms with Gasteiger partial charge in [-0.05, 0) is 31.6 Å². The van der Waals surface area contributed by atoms with E-state index in [1.165, 1.54) is 0 Å².